The largest absolute Gasteiger partial charge is 0.543 e. The van der Waals surface area contributed by atoms with Crippen molar-refractivity contribution in [1.82, 2.24) is 0 Å². The maximum atomic E-state index is 11.2. The minimum Gasteiger partial charge on any atom is -0.543 e. The number of hydrogen-bond acceptors (Lipinski definition) is 2. The molecule has 5 heteroatoms. The van der Waals surface area contributed by atoms with E-state index in [-0.39, 0.29) is 5.56 Å². The average molecular weight is 259 g/mol. The van der Waals surface area contributed by atoms with Crippen LogP contribution in [-0.4, -0.2) is 19.4 Å². The summed E-state index contributed by atoms with van der Waals surface area (Å²) in [5.74, 6) is -0.707. The quantitative estimate of drug-likeness (QED) is 0.844. The van der Waals surface area contributed by atoms with Crippen molar-refractivity contribution in [2.75, 3.05) is 0 Å². The SMILES string of the molecule is Cc1ccc(Cl)c(O[Si](C)(C)C)c1C(=O)O. The normalized spacial score (nSPS) is 11.3. The van der Waals surface area contributed by atoms with Crippen LogP contribution in [-0.2, 0) is 0 Å². The highest BCUT2D eigenvalue weighted by atomic mass is 35.5. The van der Waals surface area contributed by atoms with Gasteiger partial charge in [-0.25, -0.2) is 4.79 Å². The van der Waals surface area contributed by atoms with Gasteiger partial charge in [-0.15, -0.1) is 0 Å². The van der Waals surface area contributed by atoms with Crippen molar-refractivity contribution < 1.29 is 14.3 Å². The zero-order valence-corrected chi connectivity index (χ0v) is 11.6. The van der Waals surface area contributed by atoms with Crippen LogP contribution in [0.2, 0.25) is 24.7 Å². The van der Waals surface area contributed by atoms with Crippen LogP contribution in [0, 0.1) is 6.92 Å². The molecule has 0 amide bonds. The third-order valence-corrected chi connectivity index (χ3v) is 3.05. The number of halogens is 1. The van der Waals surface area contributed by atoms with E-state index in [0.717, 1.165) is 0 Å². The van der Waals surface area contributed by atoms with Crippen LogP contribution in [0.1, 0.15) is 15.9 Å². The van der Waals surface area contributed by atoms with E-state index in [4.69, 9.17) is 21.1 Å². The second kappa shape index (κ2) is 4.47. The zero-order valence-electron chi connectivity index (χ0n) is 9.80. The summed E-state index contributed by atoms with van der Waals surface area (Å²) in [6, 6.07) is 3.35. The third kappa shape index (κ3) is 2.99. The lowest BCUT2D eigenvalue weighted by Crippen LogP contribution is -2.30. The summed E-state index contributed by atoms with van der Waals surface area (Å²) in [7, 11) is -1.88. The minimum atomic E-state index is -1.88. The predicted molar refractivity (Wildman–Crippen MR) is 67.1 cm³/mol. The van der Waals surface area contributed by atoms with E-state index in [1.54, 1.807) is 19.1 Å². The Labute approximate surface area is 101 Å². The molecule has 1 rings (SSSR count). The summed E-state index contributed by atoms with van der Waals surface area (Å²) in [5, 5.41) is 9.50. The lowest BCUT2D eigenvalue weighted by molar-refractivity contribution is 0.0694. The van der Waals surface area contributed by atoms with Crippen molar-refractivity contribution in [1.29, 1.82) is 0 Å². The molecule has 0 aliphatic rings. The lowest BCUT2D eigenvalue weighted by atomic mass is 10.1. The summed E-state index contributed by atoms with van der Waals surface area (Å²) in [6.45, 7) is 7.68. The van der Waals surface area contributed by atoms with Gasteiger partial charge in [-0.3, -0.25) is 0 Å². The molecule has 16 heavy (non-hydrogen) atoms. The fourth-order valence-corrected chi connectivity index (χ4v) is 2.41. The Morgan fingerprint density at radius 3 is 2.38 bits per heavy atom. The maximum Gasteiger partial charge on any atom is 0.339 e. The standard InChI is InChI=1S/C11H15ClO3Si/c1-7-5-6-8(12)10(9(7)11(13)14)15-16(2,3)4/h5-6H,1-4H3,(H,13,14). The van der Waals surface area contributed by atoms with Gasteiger partial charge in [0.1, 0.15) is 11.3 Å². The zero-order chi connectivity index (χ0) is 12.5. The van der Waals surface area contributed by atoms with Gasteiger partial charge in [-0.2, -0.15) is 0 Å². The van der Waals surface area contributed by atoms with Gasteiger partial charge in [0, 0.05) is 0 Å². The van der Waals surface area contributed by atoms with Crippen molar-refractivity contribution in [2.45, 2.75) is 26.6 Å². The fraction of sp³-hybridized carbons (Fsp3) is 0.364. The molecule has 0 aliphatic heterocycles. The van der Waals surface area contributed by atoms with E-state index in [2.05, 4.69) is 0 Å². The van der Waals surface area contributed by atoms with E-state index in [0.29, 0.717) is 16.3 Å². The molecule has 88 valence electrons. The number of benzene rings is 1. The number of aryl methyl sites for hydroxylation is 1. The van der Waals surface area contributed by atoms with Crippen molar-refractivity contribution in [3.63, 3.8) is 0 Å². The summed E-state index contributed by atoms with van der Waals surface area (Å²) in [6.07, 6.45) is 0. The molecule has 1 aromatic rings. The van der Waals surface area contributed by atoms with Crippen LogP contribution in [0.15, 0.2) is 12.1 Å². The van der Waals surface area contributed by atoms with Gasteiger partial charge in [-0.1, -0.05) is 17.7 Å². The van der Waals surface area contributed by atoms with E-state index < -0.39 is 14.3 Å². The molecule has 0 saturated carbocycles. The number of carboxylic acid groups (broad SMARTS) is 1. The molecule has 0 aliphatic carbocycles. The van der Waals surface area contributed by atoms with Crippen LogP contribution >= 0.6 is 11.6 Å². The molecule has 3 nitrogen and oxygen atoms in total. The maximum absolute atomic E-state index is 11.2. The summed E-state index contributed by atoms with van der Waals surface area (Å²) >= 11 is 5.99. The number of carboxylic acids is 1. The fourth-order valence-electron chi connectivity index (χ4n) is 1.33. The number of rotatable bonds is 3. The van der Waals surface area contributed by atoms with Crippen molar-refractivity contribution in [2.24, 2.45) is 0 Å². The van der Waals surface area contributed by atoms with Crippen LogP contribution < -0.4 is 4.43 Å². The lowest BCUT2D eigenvalue weighted by Gasteiger charge is -2.22. The molecular weight excluding hydrogens is 244 g/mol. The van der Waals surface area contributed by atoms with E-state index in [1.165, 1.54) is 0 Å². The molecule has 0 spiro atoms. The Hall–Kier alpha value is -1.00. The number of hydrogen-bond donors (Lipinski definition) is 1. The van der Waals surface area contributed by atoms with Crippen LogP contribution in [0.5, 0.6) is 5.75 Å². The highest BCUT2D eigenvalue weighted by molar-refractivity contribution is 6.70. The molecule has 0 bridgehead atoms. The van der Waals surface area contributed by atoms with Crippen molar-refractivity contribution >= 4 is 25.9 Å². The summed E-state index contributed by atoms with van der Waals surface area (Å²) < 4.78 is 5.73. The van der Waals surface area contributed by atoms with Crippen LogP contribution in [0.25, 0.3) is 0 Å². The first kappa shape index (κ1) is 13.1. The molecule has 0 aromatic heterocycles. The van der Waals surface area contributed by atoms with Gasteiger partial charge in [0.15, 0.2) is 0 Å². The van der Waals surface area contributed by atoms with Gasteiger partial charge >= 0.3 is 5.97 Å². The number of carbonyl (C=O) groups is 1. The van der Waals surface area contributed by atoms with E-state index in [1.807, 2.05) is 19.6 Å². The highest BCUT2D eigenvalue weighted by Crippen LogP contribution is 2.33. The second-order valence-electron chi connectivity index (χ2n) is 4.59. The molecule has 1 aromatic carbocycles. The van der Waals surface area contributed by atoms with Gasteiger partial charge in [0.25, 0.3) is 0 Å². The number of aromatic carboxylic acids is 1. The van der Waals surface area contributed by atoms with Gasteiger partial charge in [0.2, 0.25) is 8.32 Å². The Bertz CT molecular complexity index is 424. The van der Waals surface area contributed by atoms with Crippen molar-refractivity contribution in [3.05, 3.63) is 28.3 Å². The molecule has 0 atom stereocenters. The smallest absolute Gasteiger partial charge is 0.339 e. The average Bonchev–Trinajstić information content (AvgIpc) is 2.08. The Balaban J connectivity index is 3.35. The van der Waals surface area contributed by atoms with Gasteiger partial charge < -0.3 is 9.53 Å². The van der Waals surface area contributed by atoms with Gasteiger partial charge in [0.05, 0.1) is 5.02 Å². The Kier molecular flexibility index (Phi) is 3.65. The third-order valence-electron chi connectivity index (χ3n) is 1.94. The summed E-state index contributed by atoms with van der Waals surface area (Å²) in [4.78, 5) is 11.2. The molecule has 0 heterocycles. The Morgan fingerprint density at radius 2 is 1.94 bits per heavy atom. The topological polar surface area (TPSA) is 46.5 Å². The molecular formula is C11H15ClO3Si. The van der Waals surface area contributed by atoms with Crippen LogP contribution in [0.3, 0.4) is 0 Å². The van der Waals surface area contributed by atoms with E-state index >= 15 is 0 Å². The molecule has 0 saturated heterocycles. The summed E-state index contributed by atoms with van der Waals surface area (Å²) in [5.41, 5.74) is 0.820. The highest BCUT2D eigenvalue weighted by Gasteiger charge is 2.24. The molecule has 1 N–H and O–H groups in total. The van der Waals surface area contributed by atoms with Crippen LogP contribution in [0.4, 0.5) is 0 Å². The molecule has 0 unspecified atom stereocenters. The first-order chi connectivity index (χ1) is 7.22. The van der Waals surface area contributed by atoms with E-state index in [9.17, 15) is 4.79 Å². The minimum absolute atomic E-state index is 0.162. The Morgan fingerprint density at radius 1 is 1.38 bits per heavy atom. The molecule has 0 fully saturated rings. The van der Waals surface area contributed by atoms with Crippen molar-refractivity contribution in [3.8, 4) is 5.75 Å². The monoisotopic (exact) mass is 258 g/mol. The van der Waals surface area contributed by atoms with Gasteiger partial charge in [-0.05, 0) is 38.2 Å². The second-order valence-corrected chi connectivity index (χ2v) is 9.42. The predicted octanol–water partition coefficient (Wildman–Crippen LogP) is 3.56. The molecule has 0 radical (unpaired) electrons. The first-order valence-electron chi connectivity index (χ1n) is 4.94. The first-order valence-corrected chi connectivity index (χ1v) is 8.72.